The number of rotatable bonds is 2. The SMILES string of the molecule is N=C1CCCN1CC1CCOC1. The molecule has 3 nitrogen and oxygen atoms in total. The van der Waals surface area contributed by atoms with Gasteiger partial charge in [0.25, 0.3) is 0 Å². The minimum Gasteiger partial charge on any atom is -0.381 e. The van der Waals surface area contributed by atoms with E-state index in [4.69, 9.17) is 10.1 Å². The van der Waals surface area contributed by atoms with Crippen molar-refractivity contribution in [3.05, 3.63) is 0 Å². The summed E-state index contributed by atoms with van der Waals surface area (Å²) >= 11 is 0. The second kappa shape index (κ2) is 3.44. The Labute approximate surface area is 73.2 Å². The lowest BCUT2D eigenvalue weighted by molar-refractivity contribution is 0.180. The highest BCUT2D eigenvalue weighted by Crippen LogP contribution is 2.18. The fourth-order valence-corrected chi connectivity index (χ4v) is 1.97. The normalized spacial score (nSPS) is 30.2. The lowest BCUT2D eigenvalue weighted by atomic mass is 10.1. The molecule has 2 fully saturated rings. The van der Waals surface area contributed by atoms with Crippen LogP contribution in [0, 0.1) is 11.3 Å². The van der Waals surface area contributed by atoms with Crippen LogP contribution < -0.4 is 0 Å². The van der Waals surface area contributed by atoms with Crippen LogP contribution in [0.2, 0.25) is 0 Å². The maximum atomic E-state index is 7.65. The molecule has 2 heterocycles. The van der Waals surface area contributed by atoms with Crippen LogP contribution in [0.3, 0.4) is 0 Å². The first kappa shape index (κ1) is 8.05. The average molecular weight is 168 g/mol. The number of likely N-dealkylation sites (tertiary alicyclic amines) is 1. The van der Waals surface area contributed by atoms with Crippen LogP contribution in [0.4, 0.5) is 0 Å². The van der Waals surface area contributed by atoms with Gasteiger partial charge in [-0.1, -0.05) is 0 Å². The zero-order valence-electron chi connectivity index (χ0n) is 7.38. The van der Waals surface area contributed by atoms with Gasteiger partial charge in [-0.05, 0) is 12.8 Å². The van der Waals surface area contributed by atoms with E-state index in [0.29, 0.717) is 5.92 Å². The maximum absolute atomic E-state index is 7.65. The van der Waals surface area contributed by atoms with Crippen molar-refractivity contribution in [2.75, 3.05) is 26.3 Å². The fourth-order valence-electron chi connectivity index (χ4n) is 1.97. The zero-order valence-corrected chi connectivity index (χ0v) is 7.38. The van der Waals surface area contributed by atoms with Crippen LogP contribution in [-0.2, 0) is 4.74 Å². The number of ether oxygens (including phenoxy) is 1. The van der Waals surface area contributed by atoms with Crippen LogP contribution in [0.1, 0.15) is 19.3 Å². The van der Waals surface area contributed by atoms with E-state index in [1.807, 2.05) is 0 Å². The number of hydrogen-bond acceptors (Lipinski definition) is 2. The second-order valence-corrected chi connectivity index (χ2v) is 3.73. The van der Waals surface area contributed by atoms with E-state index in [1.165, 1.54) is 12.8 Å². The molecular formula is C9H16N2O. The predicted molar refractivity (Wildman–Crippen MR) is 47.5 cm³/mol. The molecule has 0 aliphatic carbocycles. The van der Waals surface area contributed by atoms with Crippen LogP contribution in [-0.4, -0.2) is 37.0 Å². The molecule has 0 spiro atoms. The Morgan fingerprint density at radius 3 is 3.08 bits per heavy atom. The molecule has 2 aliphatic rings. The summed E-state index contributed by atoms with van der Waals surface area (Å²) in [6, 6.07) is 0. The minimum atomic E-state index is 0.684. The molecule has 0 radical (unpaired) electrons. The topological polar surface area (TPSA) is 36.3 Å². The lowest BCUT2D eigenvalue weighted by Gasteiger charge is -2.20. The summed E-state index contributed by atoms with van der Waals surface area (Å²) in [5, 5.41) is 7.65. The third-order valence-electron chi connectivity index (χ3n) is 2.73. The van der Waals surface area contributed by atoms with E-state index in [-0.39, 0.29) is 0 Å². The smallest absolute Gasteiger partial charge is 0.0958 e. The van der Waals surface area contributed by atoms with E-state index >= 15 is 0 Å². The molecule has 1 unspecified atom stereocenters. The van der Waals surface area contributed by atoms with Gasteiger partial charge >= 0.3 is 0 Å². The molecule has 0 bridgehead atoms. The standard InChI is InChI=1S/C9H16N2O/c10-9-2-1-4-11(9)6-8-3-5-12-7-8/h8,10H,1-7H2. The highest BCUT2D eigenvalue weighted by atomic mass is 16.5. The van der Waals surface area contributed by atoms with Crippen LogP contribution in [0.25, 0.3) is 0 Å². The van der Waals surface area contributed by atoms with Crippen molar-refractivity contribution in [2.24, 2.45) is 5.92 Å². The van der Waals surface area contributed by atoms with Gasteiger partial charge in [0.15, 0.2) is 0 Å². The molecule has 0 amide bonds. The van der Waals surface area contributed by atoms with Crippen molar-refractivity contribution in [2.45, 2.75) is 19.3 Å². The monoisotopic (exact) mass is 168 g/mol. The van der Waals surface area contributed by atoms with Crippen LogP contribution in [0.15, 0.2) is 0 Å². The molecule has 0 aromatic rings. The number of nitrogens with zero attached hydrogens (tertiary/aromatic N) is 1. The van der Waals surface area contributed by atoms with Crippen molar-refractivity contribution in [3.8, 4) is 0 Å². The average Bonchev–Trinajstić information content (AvgIpc) is 2.65. The van der Waals surface area contributed by atoms with E-state index in [2.05, 4.69) is 4.90 Å². The highest BCUT2D eigenvalue weighted by Gasteiger charge is 2.23. The van der Waals surface area contributed by atoms with E-state index < -0.39 is 0 Å². The first-order chi connectivity index (χ1) is 5.86. The van der Waals surface area contributed by atoms with E-state index in [9.17, 15) is 0 Å². The van der Waals surface area contributed by atoms with Crippen molar-refractivity contribution in [1.29, 1.82) is 5.41 Å². The van der Waals surface area contributed by atoms with Crippen molar-refractivity contribution >= 4 is 5.84 Å². The number of nitrogens with one attached hydrogen (secondary N) is 1. The van der Waals surface area contributed by atoms with Gasteiger partial charge in [0.1, 0.15) is 0 Å². The largest absolute Gasteiger partial charge is 0.381 e. The molecule has 1 N–H and O–H groups in total. The zero-order chi connectivity index (χ0) is 8.39. The fraction of sp³-hybridized carbons (Fsp3) is 0.889. The van der Waals surface area contributed by atoms with Gasteiger partial charge < -0.3 is 9.64 Å². The highest BCUT2D eigenvalue weighted by molar-refractivity contribution is 5.80. The molecule has 12 heavy (non-hydrogen) atoms. The maximum Gasteiger partial charge on any atom is 0.0958 e. The van der Waals surface area contributed by atoms with Crippen LogP contribution in [0.5, 0.6) is 0 Å². The Bertz CT molecular complexity index is 175. The third kappa shape index (κ3) is 1.61. The Hall–Kier alpha value is -0.570. The van der Waals surface area contributed by atoms with E-state index in [1.54, 1.807) is 0 Å². The summed E-state index contributed by atoms with van der Waals surface area (Å²) in [6.07, 6.45) is 3.34. The molecule has 2 rings (SSSR count). The Morgan fingerprint density at radius 2 is 2.50 bits per heavy atom. The summed E-state index contributed by atoms with van der Waals surface area (Å²) < 4.78 is 5.31. The van der Waals surface area contributed by atoms with Crippen molar-refractivity contribution in [3.63, 3.8) is 0 Å². The van der Waals surface area contributed by atoms with Gasteiger partial charge in [0.05, 0.1) is 12.4 Å². The van der Waals surface area contributed by atoms with Gasteiger partial charge in [0, 0.05) is 32.0 Å². The molecule has 1 atom stereocenters. The molecule has 2 saturated heterocycles. The Kier molecular flexibility index (Phi) is 2.30. The van der Waals surface area contributed by atoms with Crippen molar-refractivity contribution < 1.29 is 4.74 Å². The van der Waals surface area contributed by atoms with Gasteiger partial charge in [-0.2, -0.15) is 0 Å². The summed E-state index contributed by atoms with van der Waals surface area (Å²) in [5.41, 5.74) is 0. The van der Waals surface area contributed by atoms with Crippen LogP contribution >= 0.6 is 0 Å². The van der Waals surface area contributed by atoms with Crippen molar-refractivity contribution in [1.82, 2.24) is 4.90 Å². The summed E-state index contributed by atoms with van der Waals surface area (Å²) in [4.78, 5) is 2.21. The third-order valence-corrected chi connectivity index (χ3v) is 2.73. The molecular weight excluding hydrogens is 152 g/mol. The molecule has 2 aliphatic heterocycles. The Balaban J connectivity index is 1.81. The summed E-state index contributed by atoms with van der Waals surface area (Å²) in [6.45, 7) is 3.98. The van der Waals surface area contributed by atoms with E-state index in [0.717, 1.165) is 38.6 Å². The number of amidine groups is 1. The molecule has 0 aromatic carbocycles. The summed E-state index contributed by atoms with van der Waals surface area (Å²) in [7, 11) is 0. The predicted octanol–water partition coefficient (Wildman–Crippen LogP) is 1.10. The quantitative estimate of drug-likeness (QED) is 0.670. The molecule has 68 valence electrons. The lowest BCUT2D eigenvalue weighted by Crippen LogP contribution is -2.30. The van der Waals surface area contributed by atoms with Gasteiger partial charge in [-0.25, -0.2) is 0 Å². The first-order valence-electron chi connectivity index (χ1n) is 4.76. The molecule has 0 aromatic heterocycles. The molecule has 0 saturated carbocycles. The first-order valence-corrected chi connectivity index (χ1v) is 4.76. The summed E-state index contributed by atoms with van der Waals surface area (Å²) in [5.74, 6) is 1.52. The Morgan fingerprint density at radius 1 is 1.58 bits per heavy atom. The minimum absolute atomic E-state index is 0.684. The van der Waals surface area contributed by atoms with Gasteiger partial charge in [-0.3, -0.25) is 5.41 Å². The second-order valence-electron chi connectivity index (χ2n) is 3.73. The van der Waals surface area contributed by atoms with Gasteiger partial charge in [0.2, 0.25) is 0 Å². The number of hydrogen-bond donors (Lipinski definition) is 1. The van der Waals surface area contributed by atoms with Gasteiger partial charge in [-0.15, -0.1) is 0 Å². The molecule has 3 heteroatoms.